The van der Waals surface area contributed by atoms with Crippen molar-refractivity contribution in [3.8, 4) is 0 Å². The molecule has 0 amide bonds. The summed E-state index contributed by atoms with van der Waals surface area (Å²) in [6, 6.07) is 1.46. The minimum atomic E-state index is 0.731. The van der Waals surface area contributed by atoms with Gasteiger partial charge in [-0.25, -0.2) is 0 Å². The largest absolute Gasteiger partial charge is 0.320 e. The first-order valence-corrected chi connectivity index (χ1v) is 7.07. The van der Waals surface area contributed by atoms with Crippen LogP contribution < -0.4 is 5.32 Å². The highest BCUT2D eigenvalue weighted by molar-refractivity contribution is 4.73. The lowest BCUT2D eigenvalue weighted by atomic mass is 10.1. The summed E-state index contributed by atoms with van der Waals surface area (Å²) in [6.07, 6.45) is 6.50. The molecule has 0 spiro atoms. The van der Waals surface area contributed by atoms with Gasteiger partial charge in [-0.15, -0.1) is 0 Å². The van der Waals surface area contributed by atoms with Crippen molar-refractivity contribution >= 4 is 0 Å². The molecule has 1 N–H and O–H groups in total. The van der Waals surface area contributed by atoms with Gasteiger partial charge in [0.05, 0.1) is 0 Å². The first-order chi connectivity index (χ1) is 7.67. The van der Waals surface area contributed by atoms with Crippen molar-refractivity contribution < 1.29 is 0 Å². The van der Waals surface area contributed by atoms with Gasteiger partial charge >= 0.3 is 0 Å². The molecule has 0 rings (SSSR count). The van der Waals surface area contributed by atoms with Gasteiger partial charge in [-0.1, -0.05) is 20.3 Å². The summed E-state index contributed by atoms with van der Waals surface area (Å²) < 4.78 is 0. The molecule has 0 fully saturated rings. The molecule has 0 aliphatic carbocycles. The van der Waals surface area contributed by atoms with Crippen LogP contribution in [0.4, 0.5) is 0 Å². The van der Waals surface area contributed by atoms with E-state index in [4.69, 9.17) is 0 Å². The lowest BCUT2D eigenvalue weighted by Gasteiger charge is -2.34. The molecule has 0 heterocycles. The lowest BCUT2D eigenvalue weighted by molar-refractivity contribution is 0.139. The topological polar surface area (TPSA) is 15.3 Å². The summed E-state index contributed by atoms with van der Waals surface area (Å²) >= 11 is 0. The fourth-order valence-electron chi connectivity index (χ4n) is 2.19. The molecule has 16 heavy (non-hydrogen) atoms. The van der Waals surface area contributed by atoms with Gasteiger partial charge in [0.15, 0.2) is 0 Å². The Labute approximate surface area is 103 Å². The standard InChI is InChI=1S/C14H32N2/c1-6-8-12-16(13(3)7-2)14(4)10-9-11-15-5/h13-15H,6-12H2,1-5H3. The first kappa shape index (κ1) is 15.9. The number of nitrogens with zero attached hydrogens (tertiary/aromatic N) is 1. The molecule has 0 saturated heterocycles. The van der Waals surface area contributed by atoms with Gasteiger partial charge in [-0.3, -0.25) is 4.90 Å². The lowest BCUT2D eigenvalue weighted by Crippen LogP contribution is -2.40. The number of hydrogen-bond acceptors (Lipinski definition) is 2. The fraction of sp³-hybridized carbons (Fsp3) is 1.00. The van der Waals surface area contributed by atoms with E-state index in [1.165, 1.54) is 38.6 Å². The Bertz CT molecular complexity index is 148. The molecule has 0 aliphatic rings. The molecule has 2 atom stereocenters. The Morgan fingerprint density at radius 2 is 1.75 bits per heavy atom. The van der Waals surface area contributed by atoms with Crippen molar-refractivity contribution in [2.24, 2.45) is 0 Å². The molecule has 0 bridgehead atoms. The number of unbranched alkanes of at least 4 members (excludes halogenated alkanes) is 1. The van der Waals surface area contributed by atoms with Crippen LogP contribution in [0.2, 0.25) is 0 Å². The Balaban J connectivity index is 4.03. The molecule has 2 nitrogen and oxygen atoms in total. The first-order valence-electron chi connectivity index (χ1n) is 7.07. The van der Waals surface area contributed by atoms with Gasteiger partial charge < -0.3 is 5.32 Å². The molecule has 98 valence electrons. The van der Waals surface area contributed by atoms with Crippen LogP contribution >= 0.6 is 0 Å². The second kappa shape index (κ2) is 10.1. The molecule has 0 aromatic carbocycles. The van der Waals surface area contributed by atoms with Crippen molar-refractivity contribution in [3.63, 3.8) is 0 Å². The average Bonchev–Trinajstić information content (AvgIpc) is 2.29. The van der Waals surface area contributed by atoms with E-state index in [9.17, 15) is 0 Å². The predicted octanol–water partition coefficient (Wildman–Crippen LogP) is 3.28. The average molecular weight is 228 g/mol. The van der Waals surface area contributed by atoms with Crippen LogP contribution in [0.3, 0.4) is 0 Å². The van der Waals surface area contributed by atoms with Crippen molar-refractivity contribution in [1.82, 2.24) is 10.2 Å². The zero-order valence-electron chi connectivity index (χ0n) is 12.1. The molecule has 2 heteroatoms. The van der Waals surface area contributed by atoms with Crippen molar-refractivity contribution in [2.75, 3.05) is 20.1 Å². The Morgan fingerprint density at radius 3 is 2.25 bits per heavy atom. The highest BCUT2D eigenvalue weighted by Crippen LogP contribution is 2.14. The molecule has 0 radical (unpaired) electrons. The van der Waals surface area contributed by atoms with Crippen LogP contribution in [0.15, 0.2) is 0 Å². The van der Waals surface area contributed by atoms with Crippen LogP contribution in [0, 0.1) is 0 Å². The highest BCUT2D eigenvalue weighted by atomic mass is 15.2. The number of hydrogen-bond donors (Lipinski definition) is 1. The molecule has 0 aromatic heterocycles. The second-order valence-corrected chi connectivity index (χ2v) is 4.94. The third kappa shape index (κ3) is 6.49. The maximum absolute atomic E-state index is 3.23. The van der Waals surface area contributed by atoms with Crippen molar-refractivity contribution in [1.29, 1.82) is 0 Å². The SMILES string of the molecule is CCCCN(C(C)CC)C(C)CCCNC. The maximum Gasteiger partial charge on any atom is 0.00702 e. The predicted molar refractivity (Wildman–Crippen MR) is 74.0 cm³/mol. The molecule has 0 aliphatic heterocycles. The zero-order valence-corrected chi connectivity index (χ0v) is 12.1. The molecular formula is C14H32N2. The van der Waals surface area contributed by atoms with E-state index in [0.29, 0.717) is 0 Å². The Kier molecular flexibility index (Phi) is 10.0. The van der Waals surface area contributed by atoms with Crippen molar-refractivity contribution in [3.05, 3.63) is 0 Å². The Morgan fingerprint density at radius 1 is 1.06 bits per heavy atom. The van der Waals surface area contributed by atoms with E-state index >= 15 is 0 Å². The van der Waals surface area contributed by atoms with E-state index < -0.39 is 0 Å². The van der Waals surface area contributed by atoms with E-state index in [1.54, 1.807) is 0 Å². The summed E-state index contributed by atoms with van der Waals surface area (Å²) in [7, 11) is 2.04. The molecular weight excluding hydrogens is 196 g/mol. The third-order valence-electron chi connectivity index (χ3n) is 3.54. The summed E-state index contributed by atoms with van der Waals surface area (Å²) in [4.78, 5) is 2.69. The van der Waals surface area contributed by atoms with Gasteiger partial charge in [-0.05, 0) is 59.7 Å². The van der Waals surface area contributed by atoms with Gasteiger partial charge in [0, 0.05) is 12.1 Å². The second-order valence-electron chi connectivity index (χ2n) is 4.94. The third-order valence-corrected chi connectivity index (χ3v) is 3.54. The van der Waals surface area contributed by atoms with Crippen LogP contribution in [0.25, 0.3) is 0 Å². The van der Waals surface area contributed by atoms with E-state index in [0.717, 1.165) is 18.6 Å². The number of rotatable bonds is 10. The summed E-state index contributed by atoms with van der Waals surface area (Å²) in [5.41, 5.74) is 0. The minimum Gasteiger partial charge on any atom is -0.320 e. The monoisotopic (exact) mass is 228 g/mol. The number of nitrogens with one attached hydrogen (secondary N) is 1. The van der Waals surface area contributed by atoms with E-state index in [1.807, 2.05) is 7.05 Å². The van der Waals surface area contributed by atoms with E-state index in [-0.39, 0.29) is 0 Å². The van der Waals surface area contributed by atoms with Crippen LogP contribution in [-0.4, -0.2) is 37.1 Å². The molecule has 0 saturated carbocycles. The quantitative estimate of drug-likeness (QED) is 0.577. The van der Waals surface area contributed by atoms with Crippen LogP contribution in [0.1, 0.15) is 59.8 Å². The maximum atomic E-state index is 3.23. The fourth-order valence-corrected chi connectivity index (χ4v) is 2.19. The molecule has 0 aromatic rings. The van der Waals surface area contributed by atoms with Gasteiger partial charge in [0.1, 0.15) is 0 Å². The minimum absolute atomic E-state index is 0.731. The van der Waals surface area contributed by atoms with Crippen LogP contribution in [-0.2, 0) is 0 Å². The summed E-state index contributed by atoms with van der Waals surface area (Å²) in [5, 5.41) is 3.23. The Hall–Kier alpha value is -0.0800. The van der Waals surface area contributed by atoms with E-state index in [2.05, 4.69) is 37.9 Å². The van der Waals surface area contributed by atoms with Gasteiger partial charge in [-0.2, -0.15) is 0 Å². The highest BCUT2D eigenvalue weighted by Gasteiger charge is 2.17. The van der Waals surface area contributed by atoms with Crippen LogP contribution in [0.5, 0.6) is 0 Å². The van der Waals surface area contributed by atoms with Gasteiger partial charge in [0.25, 0.3) is 0 Å². The molecule has 2 unspecified atom stereocenters. The van der Waals surface area contributed by atoms with Crippen molar-refractivity contribution in [2.45, 2.75) is 71.9 Å². The summed E-state index contributed by atoms with van der Waals surface area (Å²) in [5.74, 6) is 0. The summed E-state index contributed by atoms with van der Waals surface area (Å²) in [6.45, 7) is 11.7. The normalized spacial score (nSPS) is 15.4. The smallest absolute Gasteiger partial charge is 0.00702 e. The zero-order chi connectivity index (χ0) is 12.4. The van der Waals surface area contributed by atoms with Gasteiger partial charge in [0.2, 0.25) is 0 Å².